The van der Waals surface area contributed by atoms with Crippen molar-refractivity contribution in [2.45, 2.75) is 39.2 Å². The lowest BCUT2D eigenvalue weighted by atomic mass is 9.94. The van der Waals surface area contributed by atoms with Crippen LogP contribution in [0.4, 0.5) is 0 Å². The second-order valence-corrected chi connectivity index (χ2v) is 5.97. The summed E-state index contributed by atoms with van der Waals surface area (Å²) in [7, 11) is 0. The summed E-state index contributed by atoms with van der Waals surface area (Å²) in [6.07, 6.45) is 8.17. The number of nitrogens with zero attached hydrogens (tertiary/aromatic N) is 4. The molecule has 1 fully saturated rings. The van der Waals surface area contributed by atoms with Gasteiger partial charge >= 0.3 is 0 Å². The summed E-state index contributed by atoms with van der Waals surface area (Å²) < 4.78 is 0. The predicted octanol–water partition coefficient (Wildman–Crippen LogP) is 2.87. The van der Waals surface area contributed by atoms with Gasteiger partial charge in [-0.2, -0.15) is 0 Å². The van der Waals surface area contributed by atoms with E-state index in [1.54, 1.807) is 0 Å². The molecule has 3 heterocycles. The number of aryl methyl sites for hydroxylation is 2. The van der Waals surface area contributed by atoms with Crippen molar-refractivity contribution in [3.63, 3.8) is 0 Å². The Labute approximate surface area is 126 Å². The fraction of sp³-hybridized carbons (Fsp3) is 0.471. The highest BCUT2D eigenvalue weighted by Crippen LogP contribution is 2.26. The van der Waals surface area contributed by atoms with Gasteiger partial charge in [-0.1, -0.05) is 6.07 Å². The summed E-state index contributed by atoms with van der Waals surface area (Å²) >= 11 is 0. The summed E-state index contributed by atoms with van der Waals surface area (Å²) in [5.74, 6) is 0.504. The molecule has 4 nitrogen and oxygen atoms in total. The third kappa shape index (κ3) is 3.64. The van der Waals surface area contributed by atoms with E-state index in [1.165, 1.54) is 18.4 Å². The number of likely N-dealkylation sites (tertiary alicyclic amines) is 1. The Morgan fingerprint density at radius 2 is 2.05 bits per heavy atom. The molecule has 1 aliphatic heterocycles. The maximum absolute atomic E-state index is 4.65. The van der Waals surface area contributed by atoms with Crippen LogP contribution in [0, 0.1) is 13.8 Å². The highest BCUT2D eigenvalue weighted by molar-refractivity contribution is 5.14. The van der Waals surface area contributed by atoms with Gasteiger partial charge in [0.15, 0.2) is 0 Å². The van der Waals surface area contributed by atoms with E-state index in [0.29, 0.717) is 5.92 Å². The van der Waals surface area contributed by atoms with Crippen LogP contribution in [-0.2, 0) is 6.54 Å². The fourth-order valence-corrected chi connectivity index (χ4v) is 2.97. The molecule has 110 valence electrons. The van der Waals surface area contributed by atoms with Gasteiger partial charge in [0, 0.05) is 43.3 Å². The molecule has 0 spiro atoms. The van der Waals surface area contributed by atoms with Gasteiger partial charge in [0.2, 0.25) is 0 Å². The zero-order chi connectivity index (χ0) is 14.7. The molecule has 0 radical (unpaired) electrons. The SMILES string of the molecule is Cc1ccc(CN2CCCC(c3cncc(C)n3)C2)cn1. The molecule has 2 aromatic rings. The molecule has 0 saturated carbocycles. The summed E-state index contributed by atoms with van der Waals surface area (Å²) in [4.78, 5) is 15.8. The lowest BCUT2D eigenvalue weighted by Crippen LogP contribution is -2.34. The molecule has 0 aliphatic carbocycles. The molecular formula is C17H22N4. The van der Waals surface area contributed by atoms with E-state index in [-0.39, 0.29) is 0 Å². The molecule has 1 aliphatic rings. The molecule has 21 heavy (non-hydrogen) atoms. The van der Waals surface area contributed by atoms with E-state index in [0.717, 1.165) is 36.7 Å². The Morgan fingerprint density at radius 1 is 1.14 bits per heavy atom. The topological polar surface area (TPSA) is 41.9 Å². The van der Waals surface area contributed by atoms with Gasteiger partial charge in [-0.05, 0) is 44.9 Å². The number of hydrogen-bond donors (Lipinski definition) is 0. The van der Waals surface area contributed by atoms with Crippen molar-refractivity contribution in [3.05, 3.63) is 53.4 Å². The van der Waals surface area contributed by atoms with Gasteiger partial charge in [0.1, 0.15) is 0 Å². The second-order valence-electron chi connectivity index (χ2n) is 5.97. The first kappa shape index (κ1) is 14.1. The summed E-state index contributed by atoms with van der Waals surface area (Å²) in [6, 6.07) is 4.27. The number of hydrogen-bond acceptors (Lipinski definition) is 4. The van der Waals surface area contributed by atoms with Crippen LogP contribution in [0.1, 0.15) is 41.4 Å². The molecule has 1 unspecified atom stereocenters. The van der Waals surface area contributed by atoms with Crippen LogP contribution in [0.25, 0.3) is 0 Å². The van der Waals surface area contributed by atoms with Crippen LogP contribution in [0.15, 0.2) is 30.7 Å². The quantitative estimate of drug-likeness (QED) is 0.868. The first-order valence-corrected chi connectivity index (χ1v) is 7.63. The highest BCUT2D eigenvalue weighted by Gasteiger charge is 2.22. The molecule has 0 N–H and O–H groups in total. The highest BCUT2D eigenvalue weighted by atomic mass is 15.1. The number of pyridine rings is 1. The first-order valence-electron chi connectivity index (χ1n) is 7.63. The van der Waals surface area contributed by atoms with Crippen LogP contribution >= 0.6 is 0 Å². The van der Waals surface area contributed by atoms with E-state index in [2.05, 4.69) is 32.0 Å². The van der Waals surface area contributed by atoms with Gasteiger partial charge in [0.25, 0.3) is 0 Å². The molecule has 1 atom stereocenters. The molecule has 4 heteroatoms. The van der Waals surface area contributed by atoms with Crippen LogP contribution < -0.4 is 0 Å². The minimum Gasteiger partial charge on any atom is -0.298 e. The van der Waals surface area contributed by atoms with Gasteiger partial charge in [-0.25, -0.2) is 0 Å². The minimum absolute atomic E-state index is 0.504. The van der Waals surface area contributed by atoms with E-state index in [9.17, 15) is 0 Å². The van der Waals surface area contributed by atoms with Crippen LogP contribution in [0.2, 0.25) is 0 Å². The average molecular weight is 282 g/mol. The second kappa shape index (κ2) is 6.31. The lowest BCUT2D eigenvalue weighted by molar-refractivity contribution is 0.198. The Hall–Kier alpha value is -1.81. The fourth-order valence-electron chi connectivity index (χ4n) is 2.97. The number of piperidine rings is 1. The van der Waals surface area contributed by atoms with Gasteiger partial charge in [-0.3, -0.25) is 19.9 Å². The maximum atomic E-state index is 4.65. The van der Waals surface area contributed by atoms with Crippen molar-refractivity contribution in [2.75, 3.05) is 13.1 Å². The maximum Gasteiger partial charge on any atom is 0.0633 e. The zero-order valence-corrected chi connectivity index (χ0v) is 12.8. The molecule has 3 rings (SSSR count). The normalized spacial score (nSPS) is 19.6. The minimum atomic E-state index is 0.504. The van der Waals surface area contributed by atoms with Crippen LogP contribution in [-0.4, -0.2) is 32.9 Å². The molecule has 2 aromatic heterocycles. The van der Waals surface area contributed by atoms with Crippen molar-refractivity contribution < 1.29 is 0 Å². The number of aromatic nitrogens is 3. The third-order valence-corrected chi connectivity index (χ3v) is 4.08. The Morgan fingerprint density at radius 3 is 2.81 bits per heavy atom. The zero-order valence-electron chi connectivity index (χ0n) is 12.8. The smallest absolute Gasteiger partial charge is 0.0633 e. The van der Waals surface area contributed by atoms with Gasteiger partial charge in [0.05, 0.1) is 11.4 Å². The van der Waals surface area contributed by atoms with Crippen molar-refractivity contribution in [3.8, 4) is 0 Å². The Kier molecular flexibility index (Phi) is 4.25. The third-order valence-electron chi connectivity index (χ3n) is 4.08. The van der Waals surface area contributed by atoms with Gasteiger partial charge in [-0.15, -0.1) is 0 Å². The standard InChI is InChI=1S/C17H22N4/c1-13-5-6-15(9-19-13)11-21-7-3-4-16(12-21)17-10-18-8-14(2)20-17/h5-6,8-10,16H,3-4,7,11-12H2,1-2H3. The molecule has 0 aromatic carbocycles. The van der Waals surface area contributed by atoms with Crippen LogP contribution in [0.3, 0.4) is 0 Å². The number of rotatable bonds is 3. The van der Waals surface area contributed by atoms with Crippen LogP contribution in [0.5, 0.6) is 0 Å². The van der Waals surface area contributed by atoms with Gasteiger partial charge < -0.3 is 0 Å². The molecule has 0 amide bonds. The van der Waals surface area contributed by atoms with Crippen molar-refractivity contribution in [1.82, 2.24) is 19.9 Å². The van der Waals surface area contributed by atoms with Crippen molar-refractivity contribution in [2.24, 2.45) is 0 Å². The van der Waals surface area contributed by atoms with E-state index in [4.69, 9.17) is 0 Å². The summed E-state index contributed by atoms with van der Waals surface area (Å²) in [5.41, 5.74) is 4.51. The molecular weight excluding hydrogens is 260 g/mol. The van der Waals surface area contributed by atoms with E-state index in [1.807, 2.05) is 32.4 Å². The monoisotopic (exact) mass is 282 g/mol. The molecule has 0 bridgehead atoms. The summed E-state index contributed by atoms with van der Waals surface area (Å²) in [5, 5.41) is 0. The average Bonchev–Trinajstić information content (AvgIpc) is 2.50. The lowest BCUT2D eigenvalue weighted by Gasteiger charge is -2.32. The summed E-state index contributed by atoms with van der Waals surface area (Å²) in [6.45, 7) is 7.23. The van der Waals surface area contributed by atoms with E-state index < -0.39 is 0 Å². The van der Waals surface area contributed by atoms with Crippen molar-refractivity contribution >= 4 is 0 Å². The molecule has 1 saturated heterocycles. The Bertz CT molecular complexity index is 594. The predicted molar refractivity (Wildman–Crippen MR) is 83.0 cm³/mol. The van der Waals surface area contributed by atoms with Crippen molar-refractivity contribution in [1.29, 1.82) is 0 Å². The Balaban J connectivity index is 1.67. The largest absolute Gasteiger partial charge is 0.298 e. The van der Waals surface area contributed by atoms with E-state index >= 15 is 0 Å². The first-order chi connectivity index (χ1) is 10.2.